The first-order valence-corrected chi connectivity index (χ1v) is 5.24. The van der Waals surface area contributed by atoms with Gasteiger partial charge in [-0.05, 0) is 31.3 Å². The van der Waals surface area contributed by atoms with Crippen molar-refractivity contribution in [1.29, 1.82) is 0 Å². The first-order chi connectivity index (χ1) is 6.08. The van der Waals surface area contributed by atoms with Crippen LogP contribution in [0, 0.1) is 11.3 Å². The predicted octanol–water partition coefficient (Wildman–Crippen LogP) is 3.35. The van der Waals surface area contributed by atoms with E-state index in [2.05, 4.69) is 13.8 Å². The smallest absolute Gasteiger partial charge is 0.158 e. The second-order valence-corrected chi connectivity index (χ2v) is 4.69. The van der Waals surface area contributed by atoms with Crippen molar-refractivity contribution in [2.75, 3.05) is 0 Å². The fourth-order valence-electron chi connectivity index (χ4n) is 2.30. The molecule has 0 radical (unpaired) electrons. The van der Waals surface area contributed by atoms with E-state index in [1.165, 1.54) is 19.3 Å². The third-order valence-electron chi connectivity index (χ3n) is 3.18. The van der Waals surface area contributed by atoms with Crippen LogP contribution in [0.1, 0.15) is 46.5 Å². The van der Waals surface area contributed by atoms with Crippen molar-refractivity contribution in [2.24, 2.45) is 11.3 Å². The summed E-state index contributed by atoms with van der Waals surface area (Å²) >= 11 is 0. The second-order valence-electron chi connectivity index (χ2n) is 4.69. The van der Waals surface area contributed by atoms with Crippen molar-refractivity contribution < 1.29 is 4.79 Å². The molecule has 0 N–H and O–H groups in total. The molecule has 1 unspecified atom stereocenters. The Bertz CT molecular complexity index is 213. The van der Waals surface area contributed by atoms with Crippen LogP contribution in [-0.4, -0.2) is 5.78 Å². The molecule has 0 aromatic carbocycles. The van der Waals surface area contributed by atoms with Gasteiger partial charge in [-0.3, -0.25) is 4.79 Å². The van der Waals surface area contributed by atoms with E-state index in [-0.39, 0.29) is 11.3 Å². The van der Waals surface area contributed by atoms with Crippen LogP contribution in [0.5, 0.6) is 0 Å². The summed E-state index contributed by atoms with van der Waals surface area (Å²) in [7, 11) is 0. The maximum Gasteiger partial charge on any atom is 0.158 e. The Kier molecular flexibility index (Phi) is 3.29. The summed E-state index contributed by atoms with van der Waals surface area (Å²) in [5.74, 6) is 0.588. The van der Waals surface area contributed by atoms with Crippen LogP contribution < -0.4 is 0 Å². The van der Waals surface area contributed by atoms with E-state index in [0.29, 0.717) is 5.78 Å². The molecular weight excluding hydrogens is 160 g/mol. The highest BCUT2D eigenvalue weighted by Crippen LogP contribution is 2.41. The SMILES string of the molecule is C/C=C/C(=O)C1CCCCC1(C)C. The zero-order valence-corrected chi connectivity index (χ0v) is 8.97. The molecule has 0 aliphatic heterocycles. The largest absolute Gasteiger partial charge is 0.295 e. The van der Waals surface area contributed by atoms with Gasteiger partial charge >= 0.3 is 0 Å². The summed E-state index contributed by atoms with van der Waals surface area (Å²) in [5, 5.41) is 0. The Morgan fingerprint density at radius 3 is 2.62 bits per heavy atom. The molecule has 13 heavy (non-hydrogen) atoms. The zero-order chi connectivity index (χ0) is 9.90. The van der Waals surface area contributed by atoms with Crippen molar-refractivity contribution in [2.45, 2.75) is 46.5 Å². The number of rotatable bonds is 2. The molecule has 0 amide bonds. The van der Waals surface area contributed by atoms with Gasteiger partial charge in [-0.25, -0.2) is 0 Å². The van der Waals surface area contributed by atoms with Gasteiger partial charge in [0.1, 0.15) is 0 Å². The lowest BCUT2D eigenvalue weighted by Crippen LogP contribution is -2.33. The number of ketones is 1. The highest BCUT2D eigenvalue weighted by molar-refractivity contribution is 5.92. The molecule has 1 aliphatic carbocycles. The van der Waals surface area contributed by atoms with Crippen LogP contribution in [0.25, 0.3) is 0 Å². The van der Waals surface area contributed by atoms with Crippen molar-refractivity contribution in [1.82, 2.24) is 0 Å². The van der Waals surface area contributed by atoms with Gasteiger partial charge in [-0.1, -0.05) is 32.8 Å². The number of allylic oxidation sites excluding steroid dienone is 2. The summed E-state index contributed by atoms with van der Waals surface area (Å²) < 4.78 is 0. The molecular formula is C12H20O. The topological polar surface area (TPSA) is 17.1 Å². The molecule has 74 valence electrons. The highest BCUT2D eigenvalue weighted by atomic mass is 16.1. The average molecular weight is 180 g/mol. The van der Waals surface area contributed by atoms with Gasteiger partial charge in [-0.15, -0.1) is 0 Å². The van der Waals surface area contributed by atoms with Gasteiger partial charge in [0, 0.05) is 5.92 Å². The van der Waals surface area contributed by atoms with Crippen molar-refractivity contribution in [3.8, 4) is 0 Å². The van der Waals surface area contributed by atoms with Gasteiger partial charge in [0.2, 0.25) is 0 Å². The number of carbonyl (C=O) groups is 1. The standard InChI is InChI=1S/C12H20O/c1-4-7-11(13)10-8-5-6-9-12(10,2)3/h4,7,10H,5-6,8-9H2,1-3H3/b7-4+. The summed E-state index contributed by atoms with van der Waals surface area (Å²) in [4.78, 5) is 11.7. The molecule has 0 heterocycles. The van der Waals surface area contributed by atoms with E-state index in [1.807, 2.05) is 13.0 Å². The van der Waals surface area contributed by atoms with Gasteiger partial charge < -0.3 is 0 Å². The van der Waals surface area contributed by atoms with Crippen molar-refractivity contribution in [3.05, 3.63) is 12.2 Å². The fourth-order valence-corrected chi connectivity index (χ4v) is 2.30. The molecule has 0 bridgehead atoms. The molecule has 1 heteroatoms. The summed E-state index contributed by atoms with van der Waals surface area (Å²) in [5.41, 5.74) is 0.217. The van der Waals surface area contributed by atoms with Crippen LogP contribution in [0.3, 0.4) is 0 Å². The first kappa shape index (κ1) is 10.5. The van der Waals surface area contributed by atoms with E-state index in [9.17, 15) is 4.79 Å². The van der Waals surface area contributed by atoms with E-state index in [0.717, 1.165) is 6.42 Å². The summed E-state index contributed by atoms with van der Waals surface area (Å²) in [6, 6.07) is 0. The lowest BCUT2D eigenvalue weighted by atomic mass is 9.67. The molecule has 1 aliphatic rings. The molecule has 0 aromatic rings. The van der Waals surface area contributed by atoms with Crippen LogP contribution in [0.4, 0.5) is 0 Å². The van der Waals surface area contributed by atoms with Crippen molar-refractivity contribution >= 4 is 5.78 Å². The third-order valence-corrected chi connectivity index (χ3v) is 3.18. The van der Waals surface area contributed by atoms with Gasteiger partial charge in [0.15, 0.2) is 5.78 Å². The lowest BCUT2D eigenvalue weighted by Gasteiger charge is -2.37. The minimum absolute atomic E-state index is 0.217. The minimum atomic E-state index is 0.217. The van der Waals surface area contributed by atoms with Crippen LogP contribution in [-0.2, 0) is 4.79 Å². The van der Waals surface area contributed by atoms with Gasteiger partial charge in [0.05, 0.1) is 0 Å². The zero-order valence-electron chi connectivity index (χ0n) is 8.97. The molecule has 1 nitrogen and oxygen atoms in total. The minimum Gasteiger partial charge on any atom is -0.295 e. The quantitative estimate of drug-likeness (QED) is 0.596. The monoisotopic (exact) mass is 180 g/mol. The molecule has 1 saturated carbocycles. The van der Waals surface area contributed by atoms with E-state index < -0.39 is 0 Å². The third kappa shape index (κ3) is 2.43. The fraction of sp³-hybridized carbons (Fsp3) is 0.750. The maximum atomic E-state index is 11.7. The Morgan fingerprint density at radius 2 is 2.08 bits per heavy atom. The van der Waals surface area contributed by atoms with Gasteiger partial charge in [-0.2, -0.15) is 0 Å². The molecule has 1 rings (SSSR count). The van der Waals surface area contributed by atoms with Crippen molar-refractivity contribution in [3.63, 3.8) is 0 Å². The lowest BCUT2D eigenvalue weighted by molar-refractivity contribution is -0.123. The number of hydrogen-bond donors (Lipinski definition) is 0. The Morgan fingerprint density at radius 1 is 1.38 bits per heavy atom. The maximum absolute atomic E-state index is 11.7. The predicted molar refractivity (Wildman–Crippen MR) is 55.6 cm³/mol. The molecule has 0 saturated heterocycles. The van der Waals surface area contributed by atoms with Crippen LogP contribution in [0.2, 0.25) is 0 Å². The van der Waals surface area contributed by atoms with Crippen LogP contribution >= 0.6 is 0 Å². The summed E-state index contributed by atoms with van der Waals surface area (Å²) in [6.07, 6.45) is 8.37. The average Bonchev–Trinajstić information content (AvgIpc) is 2.03. The molecule has 0 aromatic heterocycles. The first-order valence-electron chi connectivity index (χ1n) is 5.24. The normalized spacial score (nSPS) is 27.8. The number of hydrogen-bond acceptors (Lipinski definition) is 1. The Labute approximate surface area is 81.2 Å². The summed E-state index contributed by atoms with van der Waals surface area (Å²) in [6.45, 7) is 6.35. The number of carbonyl (C=O) groups excluding carboxylic acids is 1. The van der Waals surface area contributed by atoms with E-state index >= 15 is 0 Å². The Hall–Kier alpha value is -0.590. The van der Waals surface area contributed by atoms with E-state index in [1.54, 1.807) is 6.08 Å². The van der Waals surface area contributed by atoms with E-state index in [4.69, 9.17) is 0 Å². The molecule has 0 spiro atoms. The second kappa shape index (κ2) is 4.08. The van der Waals surface area contributed by atoms with Crippen LogP contribution in [0.15, 0.2) is 12.2 Å². The highest BCUT2D eigenvalue weighted by Gasteiger charge is 2.35. The molecule has 1 atom stereocenters. The Balaban J connectivity index is 2.70. The van der Waals surface area contributed by atoms with Gasteiger partial charge in [0.25, 0.3) is 0 Å². The molecule has 1 fully saturated rings.